The number of allylic oxidation sites excluding steroid dienone is 2. The fourth-order valence-electron chi connectivity index (χ4n) is 3.07. The van der Waals surface area contributed by atoms with E-state index in [-0.39, 0.29) is 5.69 Å². The molecular weight excluding hydrogens is 354 g/mol. The molecule has 0 fully saturated rings. The Bertz CT molecular complexity index is 1140. The Morgan fingerprint density at radius 2 is 1.86 bits per heavy atom. The van der Waals surface area contributed by atoms with Crippen molar-refractivity contribution in [3.8, 4) is 22.5 Å². The lowest BCUT2D eigenvalue weighted by atomic mass is 9.98. The lowest BCUT2D eigenvalue weighted by Crippen LogP contribution is -2.06. The summed E-state index contributed by atoms with van der Waals surface area (Å²) in [5.74, 6) is 1.27. The van der Waals surface area contributed by atoms with Crippen LogP contribution < -0.4 is 5.69 Å². The van der Waals surface area contributed by atoms with Gasteiger partial charge in [-0.3, -0.25) is 4.68 Å². The second-order valence-electron chi connectivity index (χ2n) is 6.28. The van der Waals surface area contributed by atoms with Crippen molar-refractivity contribution < 1.29 is 0 Å². The lowest BCUT2D eigenvalue weighted by molar-refractivity contribution is 0.656. The molecule has 140 valence electrons. The molecule has 0 unspecified atom stereocenters. The second-order valence-corrected chi connectivity index (χ2v) is 6.28. The van der Waals surface area contributed by atoms with Crippen LogP contribution in [0, 0.1) is 0 Å². The monoisotopic (exact) mass is 373 g/mol. The number of hydrogen-bond acceptors (Lipinski definition) is 5. The number of nitrogens with one attached hydrogen (secondary N) is 2. The molecule has 2 heterocycles. The van der Waals surface area contributed by atoms with Gasteiger partial charge in [0.15, 0.2) is 0 Å². The first-order valence-electron chi connectivity index (χ1n) is 8.93. The minimum absolute atomic E-state index is 0.329. The number of hydrogen-bond donors (Lipinski definition) is 2. The van der Waals surface area contributed by atoms with E-state index in [4.69, 9.17) is 0 Å². The molecule has 0 saturated carbocycles. The molecule has 0 atom stereocenters. The molecule has 0 aliphatic rings. The zero-order valence-electron chi connectivity index (χ0n) is 15.3. The molecule has 2 aromatic carbocycles. The summed E-state index contributed by atoms with van der Waals surface area (Å²) in [5, 5.41) is 17.0. The van der Waals surface area contributed by atoms with E-state index in [2.05, 4.69) is 42.8 Å². The third-order valence-corrected chi connectivity index (χ3v) is 4.44. The highest BCUT2D eigenvalue weighted by atomic mass is 16.1. The normalized spacial score (nSPS) is 11.3. The van der Waals surface area contributed by atoms with Crippen molar-refractivity contribution in [2.24, 2.45) is 0 Å². The van der Waals surface area contributed by atoms with Crippen LogP contribution in [0.3, 0.4) is 0 Å². The summed E-state index contributed by atoms with van der Waals surface area (Å²) in [6, 6.07) is 16.1. The third-order valence-electron chi connectivity index (χ3n) is 4.44. The van der Waals surface area contributed by atoms with Crippen molar-refractivity contribution in [1.29, 1.82) is 0 Å². The molecule has 2 N–H and O–H groups in total. The topological polar surface area (TPSA) is 105 Å². The lowest BCUT2D eigenvalue weighted by Gasteiger charge is -2.08. The van der Waals surface area contributed by atoms with Crippen LogP contribution >= 0.6 is 0 Å². The van der Waals surface area contributed by atoms with Gasteiger partial charge in [-0.15, -0.1) is 10.2 Å². The van der Waals surface area contributed by atoms with Crippen molar-refractivity contribution in [2.75, 3.05) is 0 Å². The zero-order chi connectivity index (χ0) is 19.3. The molecule has 8 nitrogen and oxygen atoms in total. The highest BCUT2D eigenvalue weighted by Crippen LogP contribution is 2.29. The summed E-state index contributed by atoms with van der Waals surface area (Å²) < 4.78 is 1.77. The van der Waals surface area contributed by atoms with Gasteiger partial charge in [0.25, 0.3) is 0 Å². The molecule has 28 heavy (non-hydrogen) atoms. The van der Waals surface area contributed by atoms with Crippen molar-refractivity contribution in [1.82, 2.24) is 35.4 Å². The maximum Gasteiger partial charge on any atom is 0.361 e. The SMILES string of the molecule is CC=CCn1[nH]c(=O)nc1Cc1ccc(-c2ccccc2-c2nn[nH]n2)cc1. The Morgan fingerprint density at radius 3 is 2.57 bits per heavy atom. The minimum Gasteiger partial charge on any atom is -0.266 e. The number of rotatable bonds is 6. The van der Waals surface area contributed by atoms with Gasteiger partial charge < -0.3 is 0 Å². The van der Waals surface area contributed by atoms with Crippen LogP contribution in [0.25, 0.3) is 22.5 Å². The highest BCUT2D eigenvalue weighted by Gasteiger charge is 2.11. The summed E-state index contributed by atoms with van der Waals surface area (Å²) in [5.41, 5.74) is 3.74. The van der Waals surface area contributed by atoms with E-state index in [1.807, 2.05) is 55.5 Å². The summed E-state index contributed by atoms with van der Waals surface area (Å²) in [7, 11) is 0. The molecule has 0 spiro atoms. The van der Waals surface area contributed by atoms with Crippen LogP contribution in [0.4, 0.5) is 0 Å². The number of aromatic amines is 2. The zero-order valence-corrected chi connectivity index (χ0v) is 15.3. The quantitative estimate of drug-likeness (QED) is 0.506. The molecule has 0 aliphatic heterocycles. The van der Waals surface area contributed by atoms with Crippen LogP contribution in [0.2, 0.25) is 0 Å². The average Bonchev–Trinajstić information content (AvgIpc) is 3.37. The van der Waals surface area contributed by atoms with E-state index in [1.54, 1.807) is 4.68 Å². The van der Waals surface area contributed by atoms with E-state index in [0.717, 1.165) is 22.3 Å². The number of tetrazole rings is 1. The average molecular weight is 373 g/mol. The van der Waals surface area contributed by atoms with Crippen molar-refractivity contribution in [3.63, 3.8) is 0 Å². The number of H-pyrrole nitrogens is 2. The van der Waals surface area contributed by atoms with E-state index in [1.165, 1.54) is 0 Å². The van der Waals surface area contributed by atoms with E-state index < -0.39 is 0 Å². The van der Waals surface area contributed by atoms with Gasteiger partial charge in [-0.1, -0.05) is 60.7 Å². The first kappa shape index (κ1) is 17.6. The molecule has 0 bridgehead atoms. The van der Waals surface area contributed by atoms with Crippen molar-refractivity contribution in [3.05, 3.63) is 82.6 Å². The first-order chi connectivity index (χ1) is 13.7. The molecular formula is C20H19N7O. The van der Waals surface area contributed by atoms with E-state index in [9.17, 15) is 4.79 Å². The fourth-order valence-corrected chi connectivity index (χ4v) is 3.07. The predicted octanol–water partition coefficient (Wildman–Crippen LogP) is 2.59. The highest BCUT2D eigenvalue weighted by molar-refractivity contribution is 5.80. The van der Waals surface area contributed by atoms with Gasteiger partial charge in [0, 0.05) is 12.0 Å². The van der Waals surface area contributed by atoms with Gasteiger partial charge in [0.05, 0.1) is 6.54 Å². The fraction of sp³-hybridized carbons (Fsp3) is 0.150. The molecule has 0 saturated heterocycles. The molecule has 0 amide bonds. The van der Waals surface area contributed by atoms with Gasteiger partial charge >= 0.3 is 5.69 Å². The smallest absolute Gasteiger partial charge is 0.266 e. The number of benzene rings is 2. The molecule has 2 aromatic heterocycles. The van der Waals surface area contributed by atoms with Crippen molar-refractivity contribution >= 4 is 0 Å². The van der Waals surface area contributed by atoms with Crippen molar-refractivity contribution in [2.45, 2.75) is 19.9 Å². The largest absolute Gasteiger partial charge is 0.361 e. The van der Waals surface area contributed by atoms with Gasteiger partial charge in [-0.25, -0.2) is 9.89 Å². The van der Waals surface area contributed by atoms with Crippen LogP contribution in [0.5, 0.6) is 0 Å². The maximum atomic E-state index is 11.6. The standard InChI is InChI=1S/C20H19N7O/c1-2-3-12-27-18(21-20(28)24-27)13-14-8-10-15(11-9-14)16-6-4-5-7-17(16)19-22-25-26-23-19/h2-11H,12-13H2,1H3,(H,24,28)(H,22,23,25,26). The first-order valence-corrected chi connectivity index (χ1v) is 8.93. The van der Waals surface area contributed by atoms with Crippen LogP contribution in [-0.2, 0) is 13.0 Å². The van der Waals surface area contributed by atoms with Crippen LogP contribution in [0.15, 0.2) is 65.5 Å². The molecule has 0 aliphatic carbocycles. The third kappa shape index (κ3) is 3.66. The Morgan fingerprint density at radius 1 is 1.07 bits per heavy atom. The number of nitrogens with zero attached hydrogens (tertiary/aromatic N) is 5. The minimum atomic E-state index is -0.329. The Kier molecular flexibility index (Phi) is 4.92. The molecule has 0 radical (unpaired) electrons. The van der Waals surface area contributed by atoms with Crippen LogP contribution in [-0.4, -0.2) is 35.4 Å². The molecule has 8 heteroatoms. The molecule has 4 aromatic rings. The maximum absolute atomic E-state index is 11.6. The summed E-state index contributed by atoms with van der Waals surface area (Å²) in [6.07, 6.45) is 4.49. The summed E-state index contributed by atoms with van der Waals surface area (Å²) in [6.45, 7) is 2.54. The Balaban J connectivity index is 1.60. The number of aromatic nitrogens is 7. The summed E-state index contributed by atoms with van der Waals surface area (Å²) >= 11 is 0. The second kappa shape index (κ2) is 7.83. The van der Waals surface area contributed by atoms with Gasteiger partial charge in [0.1, 0.15) is 5.82 Å². The van der Waals surface area contributed by atoms with E-state index in [0.29, 0.717) is 24.6 Å². The Hall–Kier alpha value is -3.81. The van der Waals surface area contributed by atoms with Gasteiger partial charge in [0.2, 0.25) is 5.82 Å². The van der Waals surface area contributed by atoms with Crippen LogP contribution in [0.1, 0.15) is 18.3 Å². The summed E-state index contributed by atoms with van der Waals surface area (Å²) in [4.78, 5) is 15.7. The van der Waals surface area contributed by atoms with Gasteiger partial charge in [-0.2, -0.15) is 10.2 Å². The van der Waals surface area contributed by atoms with Gasteiger partial charge in [-0.05, 0) is 28.8 Å². The Labute approximate surface area is 160 Å². The van der Waals surface area contributed by atoms with E-state index >= 15 is 0 Å². The predicted molar refractivity (Wildman–Crippen MR) is 106 cm³/mol. The molecule has 4 rings (SSSR count).